The van der Waals surface area contributed by atoms with E-state index in [9.17, 15) is 0 Å². The molecule has 0 aromatic rings. The summed E-state index contributed by atoms with van der Waals surface area (Å²) in [7, 11) is 0. The van der Waals surface area contributed by atoms with Crippen LogP contribution in [0.4, 0.5) is 0 Å². The molecule has 0 amide bonds. The summed E-state index contributed by atoms with van der Waals surface area (Å²) in [5, 5.41) is 0. The lowest BCUT2D eigenvalue weighted by Gasteiger charge is -2.13. The molecule has 2 rings (SSSR count). The molecule has 0 aromatic carbocycles. The quantitative estimate of drug-likeness (QED) is 0.534. The van der Waals surface area contributed by atoms with E-state index in [0.29, 0.717) is 6.04 Å². The van der Waals surface area contributed by atoms with Crippen LogP contribution >= 0.6 is 0 Å². The van der Waals surface area contributed by atoms with E-state index >= 15 is 0 Å². The Labute approximate surface area is 61.6 Å². The van der Waals surface area contributed by atoms with E-state index in [1.165, 1.54) is 12.8 Å². The SMILES string of the molecule is NC1CC2C=CC=CC2C1. The molecule has 1 nitrogen and oxygen atoms in total. The molecular weight excluding hydrogens is 122 g/mol. The number of rotatable bonds is 0. The monoisotopic (exact) mass is 135 g/mol. The maximum Gasteiger partial charge on any atom is 0.00504 e. The molecule has 0 aromatic heterocycles. The summed E-state index contributed by atoms with van der Waals surface area (Å²) in [5.41, 5.74) is 5.83. The number of hydrogen-bond acceptors (Lipinski definition) is 1. The van der Waals surface area contributed by atoms with Gasteiger partial charge in [-0.3, -0.25) is 0 Å². The number of hydrogen-bond donors (Lipinski definition) is 1. The van der Waals surface area contributed by atoms with E-state index < -0.39 is 0 Å². The van der Waals surface area contributed by atoms with Crippen LogP contribution in [0.15, 0.2) is 24.3 Å². The molecule has 2 atom stereocenters. The number of nitrogens with two attached hydrogens (primary N) is 1. The van der Waals surface area contributed by atoms with Crippen molar-refractivity contribution in [3.63, 3.8) is 0 Å². The molecule has 0 bridgehead atoms. The molecule has 2 N–H and O–H groups in total. The Morgan fingerprint density at radius 2 is 1.50 bits per heavy atom. The summed E-state index contributed by atoms with van der Waals surface area (Å²) in [4.78, 5) is 0. The van der Waals surface area contributed by atoms with Crippen LogP contribution in [0.25, 0.3) is 0 Å². The maximum absolute atomic E-state index is 5.83. The summed E-state index contributed by atoms with van der Waals surface area (Å²) in [6, 6.07) is 0.447. The predicted octanol–water partition coefficient (Wildman–Crippen LogP) is 1.47. The first-order chi connectivity index (χ1) is 4.86. The number of fused-ring (bicyclic) bond motifs is 1. The van der Waals surface area contributed by atoms with Gasteiger partial charge in [0.2, 0.25) is 0 Å². The van der Waals surface area contributed by atoms with Gasteiger partial charge in [-0.05, 0) is 24.7 Å². The van der Waals surface area contributed by atoms with Gasteiger partial charge < -0.3 is 5.73 Å². The Morgan fingerprint density at radius 1 is 1.00 bits per heavy atom. The summed E-state index contributed by atoms with van der Waals surface area (Å²) in [6.45, 7) is 0. The fourth-order valence-electron chi connectivity index (χ4n) is 2.00. The van der Waals surface area contributed by atoms with Crippen molar-refractivity contribution in [2.45, 2.75) is 18.9 Å². The fourth-order valence-corrected chi connectivity index (χ4v) is 2.00. The van der Waals surface area contributed by atoms with Gasteiger partial charge in [-0.1, -0.05) is 24.3 Å². The summed E-state index contributed by atoms with van der Waals surface area (Å²) in [5.74, 6) is 1.50. The molecular formula is C9H13N. The van der Waals surface area contributed by atoms with Crippen LogP contribution in [0, 0.1) is 11.8 Å². The molecule has 0 heterocycles. The highest BCUT2D eigenvalue weighted by atomic mass is 14.7. The Bertz CT molecular complexity index is 161. The molecule has 2 aliphatic rings. The van der Waals surface area contributed by atoms with Gasteiger partial charge >= 0.3 is 0 Å². The van der Waals surface area contributed by atoms with Gasteiger partial charge in [-0.15, -0.1) is 0 Å². The van der Waals surface area contributed by atoms with E-state index in [1.807, 2.05) is 0 Å². The van der Waals surface area contributed by atoms with Crippen LogP contribution in [-0.2, 0) is 0 Å². The second-order valence-electron chi connectivity index (χ2n) is 3.33. The van der Waals surface area contributed by atoms with Crippen molar-refractivity contribution in [2.24, 2.45) is 17.6 Å². The minimum absolute atomic E-state index is 0.447. The van der Waals surface area contributed by atoms with Crippen molar-refractivity contribution in [2.75, 3.05) is 0 Å². The van der Waals surface area contributed by atoms with Crippen LogP contribution < -0.4 is 5.73 Å². The molecule has 1 fully saturated rings. The first-order valence-electron chi connectivity index (χ1n) is 3.97. The van der Waals surface area contributed by atoms with Crippen LogP contribution in [0.1, 0.15) is 12.8 Å². The van der Waals surface area contributed by atoms with Crippen LogP contribution in [0.2, 0.25) is 0 Å². The van der Waals surface area contributed by atoms with E-state index in [1.54, 1.807) is 0 Å². The second-order valence-corrected chi connectivity index (χ2v) is 3.33. The molecule has 0 spiro atoms. The molecule has 54 valence electrons. The summed E-state index contributed by atoms with van der Waals surface area (Å²) >= 11 is 0. The second kappa shape index (κ2) is 2.24. The van der Waals surface area contributed by atoms with Gasteiger partial charge in [0, 0.05) is 6.04 Å². The maximum atomic E-state index is 5.83. The zero-order valence-corrected chi connectivity index (χ0v) is 6.03. The Hall–Kier alpha value is -0.560. The first kappa shape index (κ1) is 6.17. The summed E-state index contributed by atoms with van der Waals surface area (Å²) < 4.78 is 0. The third-order valence-electron chi connectivity index (χ3n) is 2.53. The topological polar surface area (TPSA) is 26.0 Å². The van der Waals surface area contributed by atoms with Gasteiger partial charge in [-0.2, -0.15) is 0 Å². The minimum Gasteiger partial charge on any atom is -0.328 e. The highest BCUT2D eigenvalue weighted by Crippen LogP contribution is 2.34. The lowest BCUT2D eigenvalue weighted by Crippen LogP contribution is -2.14. The molecule has 10 heavy (non-hydrogen) atoms. The zero-order chi connectivity index (χ0) is 6.97. The first-order valence-corrected chi connectivity index (χ1v) is 3.97. The van der Waals surface area contributed by atoms with Crippen LogP contribution in [0.3, 0.4) is 0 Å². The van der Waals surface area contributed by atoms with Crippen LogP contribution in [0.5, 0.6) is 0 Å². The zero-order valence-electron chi connectivity index (χ0n) is 6.03. The molecule has 2 aliphatic carbocycles. The van der Waals surface area contributed by atoms with Gasteiger partial charge in [0.1, 0.15) is 0 Å². The Kier molecular flexibility index (Phi) is 1.38. The fraction of sp³-hybridized carbons (Fsp3) is 0.556. The molecule has 1 heteroatoms. The molecule has 0 saturated heterocycles. The van der Waals surface area contributed by atoms with Crippen molar-refractivity contribution in [3.05, 3.63) is 24.3 Å². The third-order valence-corrected chi connectivity index (χ3v) is 2.53. The highest BCUT2D eigenvalue weighted by Gasteiger charge is 2.29. The van der Waals surface area contributed by atoms with Crippen molar-refractivity contribution < 1.29 is 0 Å². The standard InChI is InChI=1S/C9H13N/c10-9-5-7-3-1-2-4-8(7)6-9/h1-4,7-9H,5-6,10H2. The van der Waals surface area contributed by atoms with E-state index in [-0.39, 0.29) is 0 Å². The van der Waals surface area contributed by atoms with Crippen molar-refractivity contribution in [1.82, 2.24) is 0 Å². The lowest BCUT2D eigenvalue weighted by atomic mass is 9.92. The predicted molar refractivity (Wildman–Crippen MR) is 42.5 cm³/mol. The molecule has 0 radical (unpaired) electrons. The minimum atomic E-state index is 0.447. The largest absolute Gasteiger partial charge is 0.328 e. The molecule has 0 aliphatic heterocycles. The van der Waals surface area contributed by atoms with Crippen molar-refractivity contribution in [1.29, 1.82) is 0 Å². The Morgan fingerprint density at radius 3 is 2.00 bits per heavy atom. The number of allylic oxidation sites excluding steroid dienone is 4. The molecule has 2 unspecified atom stereocenters. The van der Waals surface area contributed by atoms with Gasteiger partial charge in [0.25, 0.3) is 0 Å². The highest BCUT2D eigenvalue weighted by molar-refractivity contribution is 5.17. The van der Waals surface area contributed by atoms with Gasteiger partial charge in [-0.25, -0.2) is 0 Å². The smallest absolute Gasteiger partial charge is 0.00504 e. The van der Waals surface area contributed by atoms with Gasteiger partial charge in [0.15, 0.2) is 0 Å². The summed E-state index contributed by atoms with van der Waals surface area (Å²) in [6.07, 6.45) is 11.2. The normalized spacial score (nSPS) is 43.9. The van der Waals surface area contributed by atoms with Gasteiger partial charge in [0.05, 0.1) is 0 Å². The lowest BCUT2D eigenvalue weighted by molar-refractivity contribution is 0.552. The van der Waals surface area contributed by atoms with E-state index in [4.69, 9.17) is 5.73 Å². The van der Waals surface area contributed by atoms with Crippen LogP contribution in [-0.4, -0.2) is 6.04 Å². The van der Waals surface area contributed by atoms with Crippen molar-refractivity contribution >= 4 is 0 Å². The molecule has 1 saturated carbocycles. The third kappa shape index (κ3) is 0.907. The average molecular weight is 135 g/mol. The average Bonchev–Trinajstić information content (AvgIpc) is 2.27. The Balaban J connectivity index is 2.14. The van der Waals surface area contributed by atoms with Crippen molar-refractivity contribution in [3.8, 4) is 0 Å². The van der Waals surface area contributed by atoms with E-state index in [0.717, 1.165) is 11.8 Å². The van der Waals surface area contributed by atoms with E-state index in [2.05, 4.69) is 24.3 Å².